The smallest absolute Gasteiger partial charge is 0.251 e. The third kappa shape index (κ3) is 5.43. The first kappa shape index (κ1) is 19.7. The van der Waals surface area contributed by atoms with E-state index in [0.717, 1.165) is 11.1 Å². The fourth-order valence-corrected chi connectivity index (χ4v) is 2.30. The van der Waals surface area contributed by atoms with E-state index in [0.29, 0.717) is 10.6 Å². The Morgan fingerprint density at radius 1 is 1.04 bits per heavy atom. The molecule has 0 radical (unpaired) electrons. The van der Waals surface area contributed by atoms with Crippen LogP contribution in [-0.2, 0) is 4.79 Å². The number of ketones is 1. The highest BCUT2D eigenvalue weighted by Gasteiger charge is 2.25. The van der Waals surface area contributed by atoms with Gasteiger partial charge in [-0.05, 0) is 55.5 Å². The zero-order valence-electron chi connectivity index (χ0n) is 14.1. The molecule has 0 heterocycles. The fourth-order valence-electron chi connectivity index (χ4n) is 2.18. The van der Waals surface area contributed by atoms with E-state index in [-0.39, 0.29) is 0 Å². The molecule has 0 saturated carbocycles. The van der Waals surface area contributed by atoms with Crippen molar-refractivity contribution in [2.75, 3.05) is 6.61 Å². The lowest BCUT2D eigenvalue weighted by atomic mass is 10.1. The van der Waals surface area contributed by atoms with Crippen LogP contribution in [0.2, 0.25) is 5.02 Å². The van der Waals surface area contributed by atoms with Gasteiger partial charge in [-0.1, -0.05) is 23.4 Å². The first-order valence-corrected chi connectivity index (χ1v) is 8.28. The topological polar surface area (TPSA) is 86.6 Å². The number of benzene rings is 2. The summed E-state index contributed by atoms with van der Waals surface area (Å²) in [5.74, 6) is 4.80. The molecule has 0 bridgehead atoms. The van der Waals surface area contributed by atoms with Crippen LogP contribution >= 0.6 is 11.6 Å². The highest BCUT2D eigenvalue weighted by molar-refractivity contribution is 6.30. The Balaban J connectivity index is 2.08. The van der Waals surface area contributed by atoms with E-state index in [9.17, 15) is 14.7 Å². The van der Waals surface area contributed by atoms with Gasteiger partial charge >= 0.3 is 0 Å². The van der Waals surface area contributed by atoms with E-state index >= 15 is 0 Å². The van der Waals surface area contributed by atoms with Gasteiger partial charge in [0, 0.05) is 21.7 Å². The third-order valence-corrected chi connectivity index (χ3v) is 3.87. The van der Waals surface area contributed by atoms with Crippen molar-refractivity contribution >= 4 is 23.3 Å². The van der Waals surface area contributed by atoms with Crippen molar-refractivity contribution < 1.29 is 19.8 Å². The summed E-state index contributed by atoms with van der Waals surface area (Å²) in [4.78, 5) is 23.8. The average molecular weight is 372 g/mol. The molecule has 0 fully saturated rings. The molecule has 0 aliphatic rings. The zero-order chi connectivity index (χ0) is 19.1. The van der Waals surface area contributed by atoms with Crippen molar-refractivity contribution in [3.63, 3.8) is 0 Å². The maximum atomic E-state index is 12.2. The Labute approximate surface area is 156 Å². The molecule has 2 aromatic carbocycles. The molecule has 0 unspecified atom stereocenters. The number of halogens is 1. The van der Waals surface area contributed by atoms with Crippen molar-refractivity contribution in [2.45, 2.75) is 19.1 Å². The minimum absolute atomic E-state index is 0.318. The van der Waals surface area contributed by atoms with Crippen LogP contribution in [0.25, 0.3) is 0 Å². The molecule has 2 rings (SSSR count). The Kier molecular flexibility index (Phi) is 6.93. The number of Topliss-reactive ketones (excluding diaryl/α,β-unsaturated/α-hetero) is 1. The zero-order valence-corrected chi connectivity index (χ0v) is 14.8. The summed E-state index contributed by atoms with van der Waals surface area (Å²) in [6.07, 6.45) is -1.11. The summed E-state index contributed by atoms with van der Waals surface area (Å²) in [5.41, 5.74) is 1.85. The van der Waals surface area contributed by atoms with E-state index in [1.807, 2.05) is 12.1 Å². The van der Waals surface area contributed by atoms with E-state index in [1.54, 1.807) is 36.4 Å². The number of amides is 1. The molecular formula is C20H18ClNO4. The van der Waals surface area contributed by atoms with Gasteiger partial charge in [-0.15, -0.1) is 0 Å². The Hall–Kier alpha value is -2.65. The van der Waals surface area contributed by atoms with Crippen molar-refractivity contribution in [1.82, 2.24) is 5.32 Å². The quantitative estimate of drug-likeness (QED) is 0.699. The molecule has 6 heteroatoms. The lowest BCUT2D eigenvalue weighted by molar-refractivity contribution is -0.125. The average Bonchev–Trinajstić information content (AvgIpc) is 2.65. The molecule has 0 aliphatic heterocycles. The second-order valence-corrected chi connectivity index (χ2v) is 6.09. The Morgan fingerprint density at radius 2 is 1.54 bits per heavy atom. The summed E-state index contributed by atoms with van der Waals surface area (Å²) in [7, 11) is 0. The molecule has 0 spiro atoms. The predicted molar refractivity (Wildman–Crippen MR) is 98.9 cm³/mol. The summed E-state index contributed by atoms with van der Waals surface area (Å²) < 4.78 is 0. The van der Waals surface area contributed by atoms with E-state index < -0.39 is 30.4 Å². The van der Waals surface area contributed by atoms with Gasteiger partial charge in [0.2, 0.25) is 0 Å². The maximum absolute atomic E-state index is 12.2. The number of hydrogen-bond acceptors (Lipinski definition) is 4. The second kappa shape index (κ2) is 9.16. The normalized spacial score (nSPS) is 12.5. The van der Waals surface area contributed by atoms with E-state index in [4.69, 9.17) is 16.7 Å². The van der Waals surface area contributed by atoms with Crippen LogP contribution in [0, 0.1) is 11.8 Å². The predicted octanol–water partition coefficient (Wildman–Crippen LogP) is 1.78. The van der Waals surface area contributed by atoms with Crippen molar-refractivity contribution in [1.29, 1.82) is 0 Å². The monoisotopic (exact) mass is 371 g/mol. The summed E-state index contributed by atoms with van der Waals surface area (Å²) in [6.45, 7) is 0.614. The molecule has 0 aromatic heterocycles. The van der Waals surface area contributed by atoms with Gasteiger partial charge < -0.3 is 15.5 Å². The first-order valence-electron chi connectivity index (χ1n) is 7.91. The number of aliphatic hydroxyl groups excluding tert-OH is 2. The maximum Gasteiger partial charge on any atom is 0.251 e. The van der Waals surface area contributed by atoms with Crippen LogP contribution < -0.4 is 5.32 Å². The van der Waals surface area contributed by atoms with Crippen molar-refractivity contribution in [2.24, 2.45) is 0 Å². The lowest BCUT2D eigenvalue weighted by Gasteiger charge is -2.19. The van der Waals surface area contributed by atoms with Crippen LogP contribution in [0.15, 0.2) is 48.5 Å². The highest BCUT2D eigenvalue weighted by atomic mass is 35.5. The van der Waals surface area contributed by atoms with Gasteiger partial charge in [-0.25, -0.2) is 0 Å². The molecule has 26 heavy (non-hydrogen) atoms. The van der Waals surface area contributed by atoms with Gasteiger partial charge in [-0.3, -0.25) is 9.59 Å². The SMILES string of the molecule is C[C@@H](O)[C@H](NC(=O)c1ccc(C#Cc2ccc(Cl)cc2)cc1)C(=O)CO. The number of aliphatic hydroxyl groups is 2. The number of rotatable bonds is 5. The standard InChI is InChI=1S/C20H18ClNO4/c1-13(24)19(18(25)12-23)22-20(26)16-8-4-14(5-9-16)2-3-15-6-10-17(21)11-7-15/h4-11,13,19,23-24H,12H2,1H3,(H,22,26)/t13-,19+/m1/s1. The van der Waals surface area contributed by atoms with Gasteiger partial charge in [0.15, 0.2) is 5.78 Å². The molecule has 3 N–H and O–H groups in total. The lowest BCUT2D eigenvalue weighted by Crippen LogP contribution is -2.48. The summed E-state index contributed by atoms with van der Waals surface area (Å²) in [5, 5.41) is 21.5. The third-order valence-electron chi connectivity index (χ3n) is 3.61. The van der Waals surface area contributed by atoms with Crippen LogP contribution in [-0.4, -0.2) is 40.7 Å². The van der Waals surface area contributed by atoms with Gasteiger partial charge in [0.25, 0.3) is 5.91 Å². The molecular weight excluding hydrogens is 354 g/mol. The Bertz CT molecular complexity index is 833. The second-order valence-electron chi connectivity index (χ2n) is 5.65. The van der Waals surface area contributed by atoms with Crippen LogP contribution in [0.5, 0.6) is 0 Å². The van der Waals surface area contributed by atoms with Gasteiger partial charge in [0.05, 0.1) is 6.10 Å². The first-order chi connectivity index (χ1) is 12.4. The minimum Gasteiger partial charge on any atom is -0.391 e. The molecule has 2 aromatic rings. The fraction of sp³-hybridized carbons (Fsp3) is 0.200. The number of hydrogen-bond donors (Lipinski definition) is 3. The van der Waals surface area contributed by atoms with Crippen molar-refractivity contribution in [3.8, 4) is 11.8 Å². The molecule has 1 amide bonds. The number of nitrogens with one attached hydrogen (secondary N) is 1. The van der Waals surface area contributed by atoms with Gasteiger partial charge in [-0.2, -0.15) is 0 Å². The van der Waals surface area contributed by atoms with Crippen LogP contribution in [0.1, 0.15) is 28.4 Å². The molecule has 5 nitrogen and oxygen atoms in total. The number of carbonyl (C=O) groups is 2. The summed E-state index contributed by atoms with van der Waals surface area (Å²) in [6, 6.07) is 12.5. The highest BCUT2D eigenvalue weighted by Crippen LogP contribution is 2.09. The van der Waals surface area contributed by atoms with Gasteiger partial charge in [0.1, 0.15) is 12.6 Å². The Morgan fingerprint density at radius 3 is 2.00 bits per heavy atom. The van der Waals surface area contributed by atoms with Crippen LogP contribution in [0.4, 0.5) is 0 Å². The van der Waals surface area contributed by atoms with Crippen molar-refractivity contribution in [3.05, 3.63) is 70.2 Å². The summed E-state index contributed by atoms with van der Waals surface area (Å²) >= 11 is 5.82. The minimum atomic E-state index is -1.16. The molecule has 0 saturated heterocycles. The molecule has 2 atom stereocenters. The van der Waals surface area contributed by atoms with Crippen LogP contribution in [0.3, 0.4) is 0 Å². The van der Waals surface area contributed by atoms with E-state index in [1.165, 1.54) is 6.92 Å². The molecule has 0 aliphatic carbocycles. The number of carbonyl (C=O) groups excluding carboxylic acids is 2. The molecule has 134 valence electrons. The van der Waals surface area contributed by atoms with E-state index in [2.05, 4.69) is 17.2 Å². The largest absolute Gasteiger partial charge is 0.391 e.